The predicted molar refractivity (Wildman–Crippen MR) is 110 cm³/mol. The number of amides is 1. The molecule has 154 valence electrons. The first-order valence-electron chi connectivity index (χ1n) is 9.84. The molecule has 3 heterocycles. The van der Waals surface area contributed by atoms with E-state index in [2.05, 4.69) is 9.88 Å². The van der Waals surface area contributed by atoms with Gasteiger partial charge in [-0.2, -0.15) is 4.31 Å². The lowest BCUT2D eigenvalue weighted by molar-refractivity contribution is 0.0734. The van der Waals surface area contributed by atoms with Crippen molar-refractivity contribution in [2.24, 2.45) is 0 Å². The summed E-state index contributed by atoms with van der Waals surface area (Å²) < 4.78 is 27.9. The lowest BCUT2D eigenvalue weighted by Gasteiger charge is -2.29. The third kappa shape index (κ3) is 3.92. The molecule has 4 rings (SSSR count). The first-order chi connectivity index (χ1) is 13.9. The number of pyridine rings is 1. The largest absolute Gasteiger partial charge is 0.334 e. The van der Waals surface area contributed by atoms with Crippen molar-refractivity contribution in [3.63, 3.8) is 0 Å². The number of carbonyl (C=O) groups is 1. The Morgan fingerprint density at radius 1 is 1.10 bits per heavy atom. The second kappa shape index (κ2) is 7.85. The van der Waals surface area contributed by atoms with E-state index in [-0.39, 0.29) is 11.9 Å². The molecule has 0 saturated carbocycles. The molecule has 2 aliphatic rings. The second-order valence-corrected chi connectivity index (χ2v) is 9.85. The van der Waals surface area contributed by atoms with Gasteiger partial charge >= 0.3 is 0 Å². The van der Waals surface area contributed by atoms with Gasteiger partial charge in [0, 0.05) is 50.2 Å². The maximum absolute atomic E-state index is 13.1. The van der Waals surface area contributed by atoms with Gasteiger partial charge in [0.1, 0.15) is 0 Å². The molecule has 1 fully saturated rings. The molecule has 1 saturated heterocycles. The molecule has 1 aromatic heterocycles. The zero-order valence-corrected chi connectivity index (χ0v) is 17.6. The Bertz CT molecular complexity index is 1010. The van der Waals surface area contributed by atoms with E-state index in [1.54, 1.807) is 45.9 Å². The average molecular weight is 415 g/mol. The van der Waals surface area contributed by atoms with Crippen LogP contribution in [0.1, 0.15) is 27.9 Å². The molecule has 0 radical (unpaired) electrons. The highest BCUT2D eigenvalue weighted by Gasteiger charge is 2.34. The van der Waals surface area contributed by atoms with Gasteiger partial charge in [0.2, 0.25) is 10.0 Å². The summed E-state index contributed by atoms with van der Waals surface area (Å²) >= 11 is 0. The third-order valence-electron chi connectivity index (χ3n) is 5.90. The molecular weight excluding hydrogens is 388 g/mol. The third-order valence-corrected chi connectivity index (χ3v) is 7.76. The molecular formula is C21H26N4O3S. The first kappa shape index (κ1) is 20.0. The molecule has 1 aromatic carbocycles. The highest BCUT2D eigenvalue weighted by Crippen LogP contribution is 2.27. The molecule has 0 spiro atoms. The van der Waals surface area contributed by atoms with E-state index in [9.17, 15) is 13.2 Å². The Hall–Kier alpha value is -2.29. The zero-order chi connectivity index (χ0) is 20.6. The first-order valence-corrected chi connectivity index (χ1v) is 11.3. The Morgan fingerprint density at radius 3 is 2.55 bits per heavy atom. The van der Waals surface area contributed by atoms with Crippen LogP contribution in [-0.2, 0) is 23.0 Å². The van der Waals surface area contributed by atoms with Crippen LogP contribution >= 0.6 is 0 Å². The number of likely N-dealkylation sites (N-methyl/N-ethyl adjacent to an activating group) is 1. The quantitative estimate of drug-likeness (QED) is 0.760. The van der Waals surface area contributed by atoms with Gasteiger partial charge in [0.15, 0.2) is 0 Å². The summed E-state index contributed by atoms with van der Waals surface area (Å²) in [6.45, 7) is 2.09. The summed E-state index contributed by atoms with van der Waals surface area (Å²) in [6.07, 6.45) is 4.77. The van der Waals surface area contributed by atoms with Crippen LogP contribution in [0.4, 0.5) is 0 Å². The van der Waals surface area contributed by atoms with Gasteiger partial charge in [-0.25, -0.2) is 8.42 Å². The second-order valence-electron chi connectivity index (χ2n) is 7.91. The molecule has 1 atom stereocenters. The number of carbonyl (C=O) groups excluding carboxylic acids is 1. The molecule has 7 nitrogen and oxygen atoms in total. The van der Waals surface area contributed by atoms with Crippen LogP contribution in [0.15, 0.2) is 47.6 Å². The van der Waals surface area contributed by atoms with Crippen molar-refractivity contribution in [2.45, 2.75) is 30.3 Å². The van der Waals surface area contributed by atoms with E-state index in [4.69, 9.17) is 0 Å². The minimum absolute atomic E-state index is 0.0559. The van der Waals surface area contributed by atoms with E-state index < -0.39 is 10.0 Å². The van der Waals surface area contributed by atoms with Crippen molar-refractivity contribution in [3.8, 4) is 0 Å². The maximum atomic E-state index is 13.1. The number of hydrogen-bond donors (Lipinski definition) is 0. The monoisotopic (exact) mass is 414 g/mol. The maximum Gasteiger partial charge on any atom is 0.254 e. The van der Waals surface area contributed by atoms with Gasteiger partial charge in [0.25, 0.3) is 5.91 Å². The normalized spacial score (nSPS) is 20.1. The Kier molecular flexibility index (Phi) is 5.42. The minimum atomic E-state index is -3.53. The molecule has 29 heavy (non-hydrogen) atoms. The highest BCUT2D eigenvalue weighted by molar-refractivity contribution is 7.89. The van der Waals surface area contributed by atoms with Crippen molar-refractivity contribution in [1.29, 1.82) is 0 Å². The Morgan fingerprint density at radius 2 is 1.86 bits per heavy atom. The molecule has 2 aliphatic heterocycles. The summed E-state index contributed by atoms with van der Waals surface area (Å²) in [6, 6.07) is 9.00. The highest BCUT2D eigenvalue weighted by atomic mass is 32.2. The van der Waals surface area contributed by atoms with Crippen molar-refractivity contribution in [3.05, 3.63) is 59.4 Å². The number of rotatable bonds is 4. The van der Waals surface area contributed by atoms with E-state index in [1.165, 1.54) is 0 Å². The van der Waals surface area contributed by atoms with Crippen LogP contribution in [-0.4, -0.2) is 73.2 Å². The number of benzene rings is 1. The number of fused-ring (bicyclic) bond motifs is 1. The molecule has 0 aliphatic carbocycles. The molecule has 2 aromatic rings. The van der Waals surface area contributed by atoms with Crippen LogP contribution in [0.25, 0.3) is 0 Å². The summed E-state index contributed by atoms with van der Waals surface area (Å²) in [7, 11) is 0.427. The van der Waals surface area contributed by atoms with Crippen LogP contribution in [0.2, 0.25) is 0 Å². The van der Waals surface area contributed by atoms with Crippen molar-refractivity contribution >= 4 is 15.9 Å². The molecule has 1 amide bonds. The Labute approximate surface area is 172 Å². The van der Waals surface area contributed by atoms with Crippen LogP contribution in [0.5, 0.6) is 0 Å². The summed E-state index contributed by atoms with van der Waals surface area (Å²) in [5, 5.41) is 0. The van der Waals surface area contributed by atoms with E-state index in [0.29, 0.717) is 36.6 Å². The number of sulfonamides is 1. The van der Waals surface area contributed by atoms with Gasteiger partial charge in [-0.15, -0.1) is 0 Å². The molecule has 0 N–H and O–H groups in total. The average Bonchev–Trinajstić information content (AvgIpc) is 3.24. The van der Waals surface area contributed by atoms with E-state index >= 15 is 0 Å². The number of aromatic nitrogens is 1. The van der Waals surface area contributed by atoms with Crippen LogP contribution in [0.3, 0.4) is 0 Å². The van der Waals surface area contributed by atoms with Crippen molar-refractivity contribution in [1.82, 2.24) is 19.1 Å². The number of hydrogen-bond acceptors (Lipinski definition) is 5. The zero-order valence-electron chi connectivity index (χ0n) is 16.8. The molecule has 0 unspecified atom stereocenters. The lowest BCUT2D eigenvalue weighted by atomic mass is 9.99. The smallest absolute Gasteiger partial charge is 0.254 e. The summed E-state index contributed by atoms with van der Waals surface area (Å²) in [4.78, 5) is 20.9. The summed E-state index contributed by atoms with van der Waals surface area (Å²) in [5.41, 5.74) is 2.61. The van der Waals surface area contributed by atoms with Gasteiger partial charge < -0.3 is 9.80 Å². The predicted octanol–water partition coefficient (Wildman–Crippen LogP) is 1.60. The van der Waals surface area contributed by atoms with Crippen LogP contribution in [0, 0.1) is 0 Å². The fourth-order valence-electron chi connectivity index (χ4n) is 4.04. The summed E-state index contributed by atoms with van der Waals surface area (Å²) in [5.74, 6) is -0.0559. The van der Waals surface area contributed by atoms with Gasteiger partial charge in [-0.05, 0) is 62.3 Å². The molecule has 0 bridgehead atoms. The topological polar surface area (TPSA) is 73.8 Å². The van der Waals surface area contributed by atoms with Crippen LogP contribution < -0.4 is 0 Å². The minimum Gasteiger partial charge on any atom is -0.334 e. The fraction of sp³-hybridized carbons (Fsp3) is 0.429. The van der Waals surface area contributed by atoms with Gasteiger partial charge in [-0.1, -0.05) is 6.07 Å². The standard InChI is InChI=1S/C21H26N4O3S/c1-23(2)19-8-12-25(15-19)29(27,28)20-4-3-16-7-11-24(14-18(16)13-20)21(26)17-5-9-22-10-6-17/h3-6,9-10,13,19H,7-8,11-12,14-15H2,1-2H3/t19-/m1/s1. The van der Waals surface area contributed by atoms with Crippen molar-refractivity contribution in [2.75, 3.05) is 33.7 Å². The van der Waals surface area contributed by atoms with Gasteiger partial charge in [0.05, 0.1) is 4.90 Å². The van der Waals surface area contributed by atoms with Gasteiger partial charge in [-0.3, -0.25) is 9.78 Å². The van der Waals surface area contributed by atoms with E-state index in [0.717, 1.165) is 24.0 Å². The van der Waals surface area contributed by atoms with E-state index in [1.807, 2.05) is 20.2 Å². The number of nitrogens with zero attached hydrogens (tertiary/aromatic N) is 4. The fourth-order valence-corrected chi connectivity index (χ4v) is 5.59. The van der Waals surface area contributed by atoms with Crippen molar-refractivity contribution < 1.29 is 13.2 Å². The Balaban J connectivity index is 1.55. The molecule has 8 heteroatoms. The SMILES string of the molecule is CN(C)[C@@H]1CCN(S(=O)(=O)c2ccc3c(c2)CN(C(=O)c2ccncc2)CC3)C1. The lowest BCUT2D eigenvalue weighted by Crippen LogP contribution is -2.36.